The van der Waals surface area contributed by atoms with Crippen LogP contribution in [-0.4, -0.2) is 33.4 Å². The summed E-state index contributed by atoms with van der Waals surface area (Å²) in [5.41, 5.74) is 10.6. The summed E-state index contributed by atoms with van der Waals surface area (Å²) >= 11 is 0. The highest BCUT2D eigenvalue weighted by atomic mass is 16.3. The fraction of sp³-hybridized carbons (Fsp3) is 0.344. The molecular weight excluding hydrogens is 456 g/mol. The lowest BCUT2D eigenvalue weighted by Crippen LogP contribution is -2.35. The maximum Gasteiger partial charge on any atom is 0.125 e. The van der Waals surface area contributed by atoms with Crippen LogP contribution in [0.1, 0.15) is 56.4 Å². The molecule has 2 aliphatic rings. The van der Waals surface area contributed by atoms with E-state index >= 15 is 0 Å². The molecule has 4 aromatic rings. The van der Waals surface area contributed by atoms with Gasteiger partial charge >= 0.3 is 0 Å². The predicted octanol–water partition coefficient (Wildman–Crippen LogP) is 6.73. The van der Waals surface area contributed by atoms with Crippen molar-refractivity contribution < 1.29 is 5.11 Å². The fourth-order valence-corrected chi connectivity index (χ4v) is 6.24. The molecule has 3 N–H and O–H groups in total. The van der Waals surface area contributed by atoms with Crippen LogP contribution < -0.4 is 5.32 Å². The first-order valence-corrected chi connectivity index (χ1v) is 13.5. The van der Waals surface area contributed by atoms with Crippen LogP contribution in [0, 0.1) is 5.92 Å². The average Bonchev–Trinajstić information content (AvgIpc) is 3.33. The predicted molar refractivity (Wildman–Crippen MR) is 150 cm³/mol. The quantitative estimate of drug-likeness (QED) is 0.255. The van der Waals surface area contributed by atoms with Gasteiger partial charge in [0.2, 0.25) is 0 Å². The lowest BCUT2D eigenvalue weighted by atomic mass is 9.61. The molecule has 6 rings (SSSR count). The summed E-state index contributed by atoms with van der Waals surface area (Å²) in [6.07, 6.45) is 6.81. The third-order valence-electron chi connectivity index (χ3n) is 8.11. The second-order valence-electron chi connectivity index (χ2n) is 10.9. The molecule has 1 fully saturated rings. The number of hydrogen-bond donors (Lipinski definition) is 3. The maximum absolute atomic E-state index is 9.24. The van der Waals surface area contributed by atoms with Gasteiger partial charge in [-0.05, 0) is 60.6 Å². The number of anilines is 1. The Bertz CT molecular complexity index is 1380. The third kappa shape index (κ3) is 4.36. The van der Waals surface area contributed by atoms with Crippen molar-refractivity contribution >= 4 is 5.82 Å². The summed E-state index contributed by atoms with van der Waals surface area (Å²) < 4.78 is 0. The van der Waals surface area contributed by atoms with Crippen LogP contribution in [-0.2, 0) is 18.3 Å². The van der Waals surface area contributed by atoms with Gasteiger partial charge < -0.3 is 10.4 Å². The van der Waals surface area contributed by atoms with Gasteiger partial charge in [0, 0.05) is 28.8 Å². The molecule has 2 heterocycles. The van der Waals surface area contributed by atoms with E-state index < -0.39 is 0 Å². The van der Waals surface area contributed by atoms with Gasteiger partial charge in [0.15, 0.2) is 0 Å². The number of aliphatic hydroxyl groups is 1. The monoisotopic (exact) mass is 491 g/mol. The number of aliphatic hydroxyl groups excluding tert-OH is 1. The minimum atomic E-state index is 0.0870. The third-order valence-corrected chi connectivity index (χ3v) is 8.11. The number of rotatable bonds is 8. The van der Waals surface area contributed by atoms with E-state index in [9.17, 15) is 5.11 Å². The second kappa shape index (κ2) is 9.79. The van der Waals surface area contributed by atoms with E-state index in [4.69, 9.17) is 4.98 Å². The number of nitrogens with zero attached hydrogens (tertiary/aromatic N) is 2. The summed E-state index contributed by atoms with van der Waals surface area (Å²) in [5.74, 6) is 2.42. The van der Waals surface area contributed by atoms with Gasteiger partial charge in [-0.1, -0.05) is 74.9 Å². The molecular formula is C32H35N4O. The van der Waals surface area contributed by atoms with Crippen molar-refractivity contribution in [3.05, 3.63) is 83.4 Å². The molecule has 5 nitrogen and oxygen atoms in total. The Hall–Kier alpha value is -3.44. The highest BCUT2D eigenvalue weighted by Gasteiger charge is 2.39. The molecule has 2 aromatic heterocycles. The standard InChI is InChI=1S/C32H35N4O/c1-21(2)20-32(15-6-16-32)24-11-9-23(10-12-24)29-26(22-7-4-3-5-8-22)19-27-28(34-29)14-13-25-30(27)35-36-31(25)33-17-18-37/h3-5,7-12,19,37H,6,13-18,20H2,1-2H3,(H2,33,35,36). The molecule has 0 saturated heterocycles. The van der Waals surface area contributed by atoms with Gasteiger partial charge in [0.25, 0.3) is 0 Å². The van der Waals surface area contributed by atoms with Gasteiger partial charge in [-0.25, -0.2) is 0 Å². The summed E-state index contributed by atoms with van der Waals surface area (Å²) in [6, 6.07) is 22.1. The first-order valence-electron chi connectivity index (χ1n) is 13.5. The van der Waals surface area contributed by atoms with Gasteiger partial charge in [-0.15, -0.1) is 0 Å². The number of pyridine rings is 1. The molecule has 5 heteroatoms. The summed E-state index contributed by atoms with van der Waals surface area (Å²) in [4.78, 5) is 5.29. The lowest BCUT2D eigenvalue weighted by Gasteiger charge is -2.44. The zero-order valence-electron chi connectivity index (χ0n) is 21.8. The molecule has 1 radical (unpaired) electrons. The van der Waals surface area contributed by atoms with Crippen LogP contribution in [0.2, 0.25) is 0 Å². The fourth-order valence-electron chi connectivity index (χ4n) is 6.24. The summed E-state index contributed by atoms with van der Waals surface area (Å²) in [5, 5.41) is 20.3. The molecule has 0 atom stereocenters. The van der Waals surface area contributed by atoms with E-state index in [1.165, 1.54) is 42.7 Å². The summed E-state index contributed by atoms with van der Waals surface area (Å²) in [6.45, 7) is 5.10. The number of benzene rings is 2. The van der Waals surface area contributed by atoms with Crippen molar-refractivity contribution in [3.8, 4) is 33.6 Å². The number of fused-ring (bicyclic) bond motifs is 3. The number of aromatic amines is 1. The van der Waals surface area contributed by atoms with E-state index in [2.05, 4.69) is 90.0 Å². The Morgan fingerprint density at radius 3 is 2.41 bits per heavy atom. The van der Waals surface area contributed by atoms with Crippen molar-refractivity contribution in [2.75, 3.05) is 18.5 Å². The van der Waals surface area contributed by atoms with E-state index in [0.29, 0.717) is 12.0 Å². The first-order chi connectivity index (χ1) is 18.1. The van der Waals surface area contributed by atoms with Gasteiger partial charge in [0.1, 0.15) is 5.82 Å². The van der Waals surface area contributed by atoms with Crippen LogP contribution in [0.4, 0.5) is 5.82 Å². The minimum absolute atomic E-state index is 0.0870. The molecule has 0 bridgehead atoms. The van der Waals surface area contributed by atoms with Crippen molar-refractivity contribution in [2.24, 2.45) is 0 Å². The largest absolute Gasteiger partial charge is 0.395 e. The van der Waals surface area contributed by atoms with Crippen LogP contribution in [0.5, 0.6) is 0 Å². The number of aryl methyl sites for hydroxylation is 1. The Labute approximate surface area is 219 Å². The molecule has 37 heavy (non-hydrogen) atoms. The van der Waals surface area contributed by atoms with Crippen molar-refractivity contribution in [2.45, 2.75) is 57.8 Å². The summed E-state index contributed by atoms with van der Waals surface area (Å²) in [7, 11) is 0. The van der Waals surface area contributed by atoms with Gasteiger partial charge in [0.05, 0.1) is 23.7 Å². The second-order valence-corrected chi connectivity index (χ2v) is 10.9. The van der Waals surface area contributed by atoms with Crippen molar-refractivity contribution in [1.82, 2.24) is 15.2 Å². The van der Waals surface area contributed by atoms with Crippen molar-refractivity contribution in [3.63, 3.8) is 0 Å². The topological polar surface area (TPSA) is 73.8 Å². The van der Waals surface area contributed by atoms with Crippen LogP contribution in [0.15, 0.2) is 60.7 Å². The van der Waals surface area contributed by atoms with Crippen LogP contribution >= 0.6 is 0 Å². The SMILES string of the molecule is C[C](C)CC1(c2ccc(-c3nc4c(cc3-c3ccccc3)-c3n[nH]c(NCCO)c3CC4)cc2)CCC1. The molecule has 0 spiro atoms. The van der Waals surface area contributed by atoms with Crippen molar-refractivity contribution in [1.29, 1.82) is 0 Å². The van der Waals surface area contributed by atoms with Gasteiger partial charge in [-0.3, -0.25) is 10.1 Å². The Balaban J connectivity index is 1.43. The smallest absolute Gasteiger partial charge is 0.125 e. The molecule has 2 aliphatic carbocycles. The highest BCUT2D eigenvalue weighted by molar-refractivity contribution is 5.86. The first kappa shape index (κ1) is 23.9. The number of hydrogen-bond acceptors (Lipinski definition) is 4. The van der Waals surface area contributed by atoms with E-state index in [-0.39, 0.29) is 6.61 Å². The molecule has 1 saturated carbocycles. The van der Waals surface area contributed by atoms with E-state index in [1.807, 2.05) is 0 Å². The number of aromatic nitrogens is 3. The number of H-pyrrole nitrogens is 1. The van der Waals surface area contributed by atoms with Crippen LogP contribution in [0.25, 0.3) is 33.6 Å². The van der Waals surface area contributed by atoms with E-state index in [0.717, 1.165) is 58.0 Å². The Kier molecular flexibility index (Phi) is 6.33. The Morgan fingerprint density at radius 1 is 0.946 bits per heavy atom. The number of nitrogens with one attached hydrogen (secondary N) is 2. The zero-order chi connectivity index (χ0) is 25.4. The average molecular weight is 492 g/mol. The van der Waals surface area contributed by atoms with Gasteiger partial charge in [-0.2, -0.15) is 5.10 Å². The molecule has 2 aromatic carbocycles. The lowest BCUT2D eigenvalue weighted by molar-refractivity contribution is 0.232. The zero-order valence-corrected chi connectivity index (χ0v) is 21.8. The molecule has 0 unspecified atom stereocenters. The van der Waals surface area contributed by atoms with Crippen LogP contribution in [0.3, 0.4) is 0 Å². The highest BCUT2D eigenvalue weighted by Crippen LogP contribution is 2.49. The normalized spacial score (nSPS) is 15.7. The molecule has 189 valence electrons. The Morgan fingerprint density at radius 2 is 1.73 bits per heavy atom. The minimum Gasteiger partial charge on any atom is -0.395 e. The molecule has 0 amide bonds. The van der Waals surface area contributed by atoms with E-state index in [1.54, 1.807) is 0 Å². The molecule has 0 aliphatic heterocycles. The maximum atomic E-state index is 9.24.